The first kappa shape index (κ1) is 19.1. The zero-order chi connectivity index (χ0) is 17.5. The molecule has 0 amide bonds. The molecule has 2 atom stereocenters. The van der Waals surface area contributed by atoms with Gasteiger partial charge in [0.05, 0.1) is 11.5 Å². The second kappa shape index (κ2) is 8.61. The number of carboxylic acids is 1. The van der Waals surface area contributed by atoms with E-state index in [0.717, 1.165) is 6.42 Å². The smallest absolute Gasteiger partial charge is 0.459 e. The molecule has 0 bridgehead atoms. The summed E-state index contributed by atoms with van der Waals surface area (Å²) >= 11 is 0. The molecule has 0 radical (unpaired) electrons. The van der Waals surface area contributed by atoms with Gasteiger partial charge in [-0.15, -0.1) is 0 Å². The molecule has 0 saturated carbocycles. The molecule has 0 fully saturated rings. The third kappa shape index (κ3) is 6.35. The number of hydrogen-bond donors (Lipinski definition) is 2. The predicted molar refractivity (Wildman–Crippen MR) is 82.4 cm³/mol. The molecule has 2 N–H and O–H groups in total. The standard InChI is InChI=1S/C13H19N2O7P/c1-3-4-9-21-23(20,14-10(2)13(16)17)22-12-7-5-11(6-8-12)15(18)19/h5-8,10H,3-4,9H2,1-2H3,(H,14,20)(H,16,17). The van der Waals surface area contributed by atoms with Crippen LogP contribution in [-0.2, 0) is 13.9 Å². The number of nitrogens with one attached hydrogen (secondary N) is 1. The highest BCUT2D eigenvalue weighted by atomic mass is 31.2. The van der Waals surface area contributed by atoms with Gasteiger partial charge in [0.15, 0.2) is 0 Å². The van der Waals surface area contributed by atoms with Crippen molar-refractivity contribution in [1.29, 1.82) is 0 Å². The lowest BCUT2D eigenvalue weighted by molar-refractivity contribution is -0.384. The molecule has 0 aliphatic carbocycles. The third-order valence-electron chi connectivity index (χ3n) is 2.75. The summed E-state index contributed by atoms with van der Waals surface area (Å²) in [5.41, 5.74) is -0.147. The van der Waals surface area contributed by atoms with Crippen molar-refractivity contribution in [3.05, 3.63) is 34.4 Å². The van der Waals surface area contributed by atoms with Crippen molar-refractivity contribution in [2.45, 2.75) is 32.7 Å². The molecule has 2 unspecified atom stereocenters. The molecule has 0 aliphatic rings. The van der Waals surface area contributed by atoms with Gasteiger partial charge in [0.25, 0.3) is 5.69 Å². The van der Waals surface area contributed by atoms with Crippen LogP contribution >= 0.6 is 7.75 Å². The van der Waals surface area contributed by atoms with Crippen LogP contribution in [0, 0.1) is 10.1 Å². The Morgan fingerprint density at radius 1 is 1.43 bits per heavy atom. The summed E-state index contributed by atoms with van der Waals surface area (Å²) in [6.07, 6.45) is 1.42. The van der Waals surface area contributed by atoms with E-state index in [1.807, 2.05) is 6.92 Å². The van der Waals surface area contributed by atoms with Crippen molar-refractivity contribution in [1.82, 2.24) is 5.09 Å². The van der Waals surface area contributed by atoms with E-state index >= 15 is 0 Å². The third-order valence-corrected chi connectivity index (χ3v) is 4.43. The fourth-order valence-electron chi connectivity index (χ4n) is 1.48. The number of hydrogen-bond acceptors (Lipinski definition) is 6. The minimum absolute atomic E-state index is 0.0699. The molecule has 10 heteroatoms. The Morgan fingerprint density at radius 3 is 2.52 bits per heavy atom. The summed E-state index contributed by atoms with van der Waals surface area (Å²) in [4.78, 5) is 20.9. The summed E-state index contributed by atoms with van der Waals surface area (Å²) in [5.74, 6) is -1.14. The van der Waals surface area contributed by atoms with Crippen LogP contribution in [0.3, 0.4) is 0 Å². The van der Waals surface area contributed by atoms with E-state index in [2.05, 4.69) is 5.09 Å². The largest absolute Gasteiger partial charge is 0.480 e. The van der Waals surface area contributed by atoms with Crippen molar-refractivity contribution >= 4 is 19.4 Å². The molecule has 1 rings (SSSR count). The lowest BCUT2D eigenvalue weighted by atomic mass is 10.3. The van der Waals surface area contributed by atoms with Crippen molar-refractivity contribution in [2.24, 2.45) is 0 Å². The number of rotatable bonds is 10. The van der Waals surface area contributed by atoms with Gasteiger partial charge in [-0.1, -0.05) is 13.3 Å². The Bertz CT molecular complexity index is 590. The molecule has 0 aromatic heterocycles. The topological polar surface area (TPSA) is 128 Å². The Morgan fingerprint density at radius 2 is 2.04 bits per heavy atom. The highest BCUT2D eigenvalue weighted by molar-refractivity contribution is 7.52. The average molecular weight is 346 g/mol. The number of carbonyl (C=O) groups is 1. The monoisotopic (exact) mass is 346 g/mol. The van der Waals surface area contributed by atoms with Crippen molar-refractivity contribution in [3.63, 3.8) is 0 Å². The van der Waals surface area contributed by atoms with Gasteiger partial charge >= 0.3 is 13.7 Å². The molecule has 0 heterocycles. The zero-order valence-corrected chi connectivity index (χ0v) is 13.7. The maximum Gasteiger partial charge on any atom is 0.459 e. The quantitative estimate of drug-likeness (QED) is 0.286. The number of nitro groups is 1. The molecule has 9 nitrogen and oxygen atoms in total. The second-order valence-electron chi connectivity index (χ2n) is 4.72. The number of non-ortho nitro benzene ring substituents is 1. The van der Waals surface area contributed by atoms with E-state index in [-0.39, 0.29) is 18.0 Å². The fourth-order valence-corrected chi connectivity index (χ4v) is 3.01. The molecule has 1 aromatic rings. The van der Waals surface area contributed by atoms with Crippen LogP contribution in [-0.4, -0.2) is 28.6 Å². The Balaban J connectivity index is 2.88. The van der Waals surface area contributed by atoms with Crippen LogP contribution < -0.4 is 9.61 Å². The van der Waals surface area contributed by atoms with E-state index in [1.54, 1.807) is 0 Å². The number of aliphatic carboxylic acids is 1. The van der Waals surface area contributed by atoms with E-state index in [9.17, 15) is 19.5 Å². The maximum atomic E-state index is 12.6. The number of nitrogens with zero attached hydrogens (tertiary/aromatic N) is 1. The lowest BCUT2D eigenvalue weighted by Crippen LogP contribution is -2.33. The molecular formula is C13H19N2O7P. The first-order chi connectivity index (χ1) is 10.8. The molecule has 128 valence electrons. The minimum atomic E-state index is -3.92. The fraction of sp³-hybridized carbons (Fsp3) is 0.462. The van der Waals surface area contributed by atoms with Crippen LogP contribution in [0.25, 0.3) is 0 Å². The first-order valence-corrected chi connectivity index (χ1v) is 8.51. The number of unbranched alkanes of at least 4 members (excludes halogenated alkanes) is 1. The zero-order valence-electron chi connectivity index (χ0n) is 12.8. The van der Waals surface area contributed by atoms with Gasteiger partial charge in [-0.3, -0.25) is 19.4 Å². The van der Waals surface area contributed by atoms with Gasteiger partial charge in [0.2, 0.25) is 0 Å². The number of carboxylic acid groups (broad SMARTS) is 1. The van der Waals surface area contributed by atoms with E-state index in [1.165, 1.54) is 31.2 Å². The van der Waals surface area contributed by atoms with E-state index < -0.39 is 24.7 Å². The molecule has 0 saturated heterocycles. The highest BCUT2D eigenvalue weighted by Crippen LogP contribution is 2.45. The van der Waals surface area contributed by atoms with Gasteiger partial charge in [0, 0.05) is 12.1 Å². The van der Waals surface area contributed by atoms with Crippen molar-refractivity contribution in [3.8, 4) is 5.75 Å². The van der Waals surface area contributed by atoms with Crippen LogP contribution in [0.4, 0.5) is 5.69 Å². The molecule has 23 heavy (non-hydrogen) atoms. The number of benzene rings is 1. The van der Waals surface area contributed by atoms with Crippen LogP contribution in [0.1, 0.15) is 26.7 Å². The molecule has 1 aromatic carbocycles. The maximum absolute atomic E-state index is 12.6. The highest BCUT2D eigenvalue weighted by Gasteiger charge is 2.31. The first-order valence-electron chi connectivity index (χ1n) is 6.96. The second-order valence-corrected chi connectivity index (χ2v) is 6.41. The molecule has 0 spiro atoms. The van der Waals surface area contributed by atoms with Crippen molar-refractivity contribution < 1.29 is 28.4 Å². The Hall–Kier alpha value is -1.96. The van der Waals surface area contributed by atoms with Crippen LogP contribution in [0.5, 0.6) is 5.75 Å². The molecular weight excluding hydrogens is 327 g/mol. The summed E-state index contributed by atoms with van der Waals surface area (Å²) in [6.45, 7) is 3.34. The summed E-state index contributed by atoms with van der Waals surface area (Å²) in [7, 11) is -3.92. The summed E-state index contributed by atoms with van der Waals surface area (Å²) < 4.78 is 23.1. The van der Waals surface area contributed by atoms with Gasteiger partial charge in [-0.2, -0.15) is 5.09 Å². The molecule has 0 aliphatic heterocycles. The Labute approximate surface area is 133 Å². The normalized spacial score (nSPS) is 14.7. The van der Waals surface area contributed by atoms with Gasteiger partial charge in [-0.25, -0.2) is 4.57 Å². The van der Waals surface area contributed by atoms with Gasteiger partial charge < -0.3 is 9.63 Å². The minimum Gasteiger partial charge on any atom is -0.480 e. The van der Waals surface area contributed by atoms with E-state index in [4.69, 9.17) is 14.2 Å². The Kier molecular flexibility index (Phi) is 7.15. The summed E-state index contributed by atoms with van der Waals surface area (Å²) in [5, 5.41) is 21.8. The average Bonchev–Trinajstić information content (AvgIpc) is 2.47. The van der Waals surface area contributed by atoms with Crippen LogP contribution in [0.2, 0.25) is 0 Å². The lowest BCUT2D eigenvalue weighted by Gasteiger charge is -2.21. The number of nitro benzene ring substituents is 1. The SMILES string of the molecule is CCCCOP(=O)(NC(C)C(=O)O)Oc1ccc([N+](=O)[O-])cc1. The van der Waals surface area contributed by atoms with E-state index in [0.29, 0.717) is 6.42 Å². The van der Waals surface area contributed by atoms with Gasteiger partial charge in [-0.05, 0) is 25.5 Å². The summed E-state index contributed by atoms with van der Waals surface area (Å²) in [6, 6.07) is 3.75. The predicted octanol–water partition coefficient (Wildman–Crippen LogP) is 2.96. The van der Waals surface area contributed by atoms with Crippen molar-refractivity contribution in [2.75, 3.05) is 6.61 Å². The van der Waals surface area contributed by atoms with Gasteiger partial charge in [0.1, 0.15) is 11.8 Å². The van der Waals surface area contributed by atoms with Crippen LogP contribution in [0.15, 0.2) is 24.3 Å².